The van der Waals surface area contributed by atoms with Gasteiger partial charge in [0.05, 0.1) is 11.0 Å². The van der Waals surface area contributed by atoms with Crippen molar-refractivity contribution < 1.29 is 4.39 Å². The van der Waals surface area contributed by atoms with Gasteiger partial charge in [-0.05, 0) is 65.3 Å². The van der Waals surface area contributed by atoms with Gasteiger partial charge in [-0.15, -0.1) is 0 Å². The molecule has 0 bridgehead atoms. The third-order valence-electron chi connectivity index (χ3n) is 3.81. The van der Waals surface area contributed by atoms with Crippen molar-refractivity contribution in [3.8, 4) is 0 Å². The molecule has 0 aliphatic carbocycles. The van der Waals surface area contributed by atoms with Crippen LogP contribution in [0.5, 0.6) is 0 Å². The van der Waals surface area contributed by atoms with E-state index in [-0.39, 0.29) is 5.82 Å². The van der Waals surface area contributed by atoms with Crippen molar-refractivity contribution >= 4 is 50.1 Å². The number of nitrogens with one attached hydrogen (secondary N) is 2. The largest absolute Gasteiger partial charge is 0.339 e. The number of rotatable bonds is 5. The summed E-state index contributed by atoms with van der Waals surface area (Å²) in [6.45, 7) is 2.70. The first-order valence-electron chi connectivity index (χ1n) is 8.28. The molecule has 0 aliphatic rings. The van der Waals surface area contributed by atoms with E-state index in [0.29, 0.717) is 22.8 Å². The van der Waals surface area contributed by atoms with Gasteiger partial charge in [-0.1, -0.05) is 0 Å². The van der Waals surface area contributed by atoms with Crippen LogP contribution in [0, 0.1) is 5.82 Å². The van der Waals surface area contributed by atoms with Gasteiger partial charge in [0.15, 0.2) is 0 Å². The first kappa shape index (κ1) is 17.3. The van der Waals surface area contributed by atoms with Crippen LogP contribution in [0.3, 0.4) is 0 Å². The highest BCUT2D eigenvalue weighted by atomic mass is 79.9. The van der Waals surface area contributed by atoms with E-state index in [9.17, 15) is 4.39 Å². The molecule has 0 unspecified atom stereocenters. The molecule has 27 heavy (non-hydrogen) atoms. The number of aromatic nitrogens is 5. The van der Waals surface area contributed by atoms with Crippen LogP contribution in [0.2, 0.25) is 0 Å². The summed E-state index contributed by atoms with van der Waals surface area (Å²) in [5.74, 6) is 0.696. The number of aryl methyl sites for hydroxylation is 1. The molecule has 0 saturated heterocycles. The van der Waals surface area contributed by atoms with Crippen molar-refractivity contribution in [2.45, 2.75) is 13.5 Å². The molecule has 0 aliphatic heterocycles. The Morgan fingerprint density at radius 2 is 1.74 bits per heavy atom. The minimum Gasteiger partial charge on any atom is -0.339 e. The molecule has 2 aromatic carbocycles. The summed E-state index contributed by atoms with van der Waals surface area (Å²) >= 11 is 3.42. The highest BCUT2D eigenvalue weighted by Crippen LogP contribution is 2.26. The zero-order chi connectivity index (χ0) is 18.8. The number of halogens is 2. The highest BCUT2D eigenvalue weighted by Gasteiger charge is 2.08. The topological polar surface area (TPSA) is 80.5 Å². The molecular weight excluding hydrogens is 413 g/mol. The number of hydrogen-bond acceptors (Lipinski definition) is 6. The van der Waals surface area contributed by atoms with Gasteiger partial charge in [0, 0.05) is 17.6 Å². The normalized spacial score (nSPS) is 10.9. The van der Waals surface area contributed by atoms with Gasteiger partial charge in [0.1, 0.15) is 22.7 Å². The SMILES string of the molecule is CCn1nc2ccc(Nc3ncc(Br)c(Nc4ccc(F)cc4)n3)cc2n1. The maximum atomic E-state index is 13.1. The second kappa shape index (κ2) is 7.28. The Morgan fingerprint density at radius 3 is 2.52 bits per heavy atom. The number of benzene rings is 2. The average Bonchev–Trinajstić information content (AvgIpc) is 3.09. The molecule has 9 heteroatoms. The number of nitrogens with zero attached hydrogens (tertiary/aromatic N) is 5. The quantitative estimate of drug-likeness (QED) is 0.483. The van der Waals surface area contributed by atoms with E-state index in [1.807, 2.05) is 25.1 Å². The third kappa shape index (κ3) is 3.87. The number of anilines is 4. The first-order chi connectivity index (χ1) is 13.1. The Balaban J connectivity index is 1.57. The lowest BCUT2D eigenvalue weighted by Gasteiger charge is -2.10. The minimum absolute atomic E-state index is 0.292. The maximum Gasteiger partial charge on any atom is 0.229 e. The molecule has 0 amide bonds. The molecule has 0 spiro atoms. The van der Waals surface area contributed by atoms with Crippen LogP contribution >= 0.6 is 15.9 Å². The summed E-state index contributed by atoms with van der Waals surface area (Å²) in [6.07, 6.45) is 1.65. The molecule has 0 saturated carbocycles. The molecular formula is C18H15BrFN7. The Hall–Kier alpha value is -3.07. The molecule has 7 nitrogen and oxygen atoms in total. The van der Waals surface area contributed by atoms with Gasteiger partial charge < -0.3 is 10.6 Å². The fourth-order valence-electron chi connectivity index (χ4n) is 2.49. The lowest BCUT2D eigenvalue weighted by molar-refractivity contribution is 0.578. The number of hydrogen-bond donors (Lipinski definition) is 2. The van der Waals surface area contributed by atoms with Gasteiger partial charge in [-0.2, -0.15) is 20.0 Å². The Labute approximate surface area is 162 Å². The predicted molar refractivity (Wildman–Crippen MR) is 106 cm³/mol. The Kier molecular flexibility index (Phi) is 4.68. The van der Waals surface area contributed by atoms with Crippen molar-refractivity contribution in [2.24, 2.45) is 0 Å². The van der Waals surface area contributed by atoms with Crippen LogP contribution in [0.25, 0.3) is 11.0 Å². The molecule has 136 valence electrons. The maximum absolute atomic E-state index is 13.1. The predicted octanol–water partition coefficient (Wildman–Crippen LogP) is 4.63. The lowest BCUT2D eigenvalue weighted by atomic mass is 10.3. The van der Waals surface area contributed by atoms with Crippen LogP contribution in [0.15, 0.2) is 53.1 Å². The Morgan fingerprint density at radius 1 is 1.00 bits per heavy atom. The molecule has 0 fully saturated rings. The van der Waals surface area contributed by atoms with Gasteiger partial charge in [0.25, 0.3) is 0 Å². The van der Waals surface area contributed by atoms with Crippen LogP contribution < -0.4 is 10.6 Å². The standard InChI is InChI=1S/C18H15BrFN7/c1-2-27-25-15-8-7-13(9-16(15)26-27)23-18-21-10-14(19)17(24-18)22-12-5-3-11(20)4-6-12/h3-10H,2H2,1H3,(H2,21,22,23,24). The van der Waals surface area contributed by atoms with E-state index < -0.39 is 0 Å². The van der Waals surface area contributed by atoms with E-state index in [1.165, 1.54) is 12.1 Å². The molecule has 2 N–H and O–H groups in total. The van der Waals surface area contributed by atoms with Crippen LogP contribution in [-0.4, -0.2) is 25.0 Å². The van der Waals surface area contributed by atoms with Gasteiger partial charge in [-0.25, -0.2) is 9.37 Å². The van der Waals surface area contributed by atoms with E-state index in [0.717, 1.165) is 22.4 Å². The van der Waals surface area contributed by atoms with E-state index in [1.54, 1.807) is 23.1 Å². The Bertz CT molecular complexity index is 1090. The smallest absolute Gasteiger partial charge is 0.229 e. The molecule has 0 radical (unpaired) electrons. The van der Waals surface area contributed by atoms with Crippen molar-refractivity contribution in [3.05, 3.63) is 59.0 Å². The summed E-state index contributed by atoms with van der Waals surface area (Å²) in [5, 5.41) is 15.1. The molecule has 4 aromatic rings. The van der Waals surface area contributed by atoms with Gasteiger partial charge in [-0.3, -0.25) is 0 Å². The monoisotopic (exact) mass is 427 g/mol. The van der Waals surface area contributed by atoms with Gasteiger partial charge >= 0.3 is 0 Å². The lowest BCUT2D eigenvalue weighted by Crippen LogP contribution is -2.01. The third-order valence-corrected chi connectivity index (χ3v) is 4.39. The summed E-state index contributed by atoms with van der Waals surface area (Å²) in [5.41, 5.74) is 3.15. The summed E-state index contributed by atoms with van der Waals surface area (Å²) < 4.78 is 13.8. The van der Waals surface area contributed by atoms with E-state index >= 15 is 0 Å². The van der Waals surface area contributed by atoms with Crippen molar-refractivity contribution in [3.63, 3.8) is 0 Å². The zero-order valence-corrected chi connectivity index (χ0v) is 15.9. The van der Waals surface area contributed by atoms with Crippen LogP contribution in [0.1, 0.15) is 6.92 Å². The minimum atomic E-state index is -0.292. The fourth-order valence-corrected chi connectivity index (χ4v) is 2.78. The molecule has 2 aromatic heterocycles. The van der Waals surface area contributed by atoms with Crippen LogP contribution in [0.4, 0.5) is 27.5 Å². The molecule has 2 heterocycles. The van der Waals surface area contributed by atoms with Crippen molar-refractivity contribution in [1.29, 1.82) is 0 Å². The fraction of sp³-hybridized carbons (Fsp3) is 0.111. The summed E-state index contributed by atoms with van der Waals surface area (Å²) in [4.78, 5) is 10.4. The second-order valence-electron chi connectivity index (χ2n) is 5.74. The summed E-state index contributed by atoms with van der Waals surface area (Å²) in [6, 6.07) is 11.7. The molecule has 0 atom stereocenters. The van der Waals surface area contributed by atoms with E-state index in [4.69, 9.17) is 0 Å². The average molecular weight is 428 g/mol. The first-order valence-corrected chi connectivity index (χ1v) is 9.07. The summed E-state index contributed by atoms with van der Waals surface area (Å²) in [7, 11) is 0. The molecule has 4 rings (SSSR count). The zero-order valence-electron chi connectivity index (χ0n) is 14.3. The van der Waals surface area contributed by atoms with Crippen molar-refractivity contribution in [1.82, 2.24) is 25.0 Å². The van der Waals surface area contributed by atoms with Gasteiger partial charge in [0.2, 0.25) is 5.95 Å². The van der Waals surface area contributed by atoms with Crippen molar-refractivity contribution in [2.75, 3.05) is 10.6 Å². The van der Waals surface area contributed by atoms with Crippen LogP contribution in [-0.2, 0) is 6.54 Å². The highest BCUT2D eigenvalue weighted by molar-refractivity contribution is 9.10. The second-order valence-corrected chi connectivity index (χ2v) is 6.59. The number of fused-ring (bicyclic) bond motifs is 1. The van der Waals surface area contributed by atoms with E-state index in [2.05, 4.69) is 46.7 Å².